The summed E-state index contributed by atoms with van der Waals surface area (Å²) in [6, 6.07) is 7.35. The van der Waals surface area contributed by atoms with E-state index >= 15 is 0 Å². The minimum atomic E-state index is -0.190. The predicted molar refractivity (Wildman–Crippen MR) is 91.5 cm³/mol. The molecule has 1 amide bonds. The van der Waals surface area contributed by atoms with Crippen LogP contribution in [0.1, 0.15) is 20.8 Å². The van der Waals surface area contributed by atoms with Gasteiger partial charge in [-0.05, 0) is 46.2 Å². The molecule has 0 fully saturated rings. The van der Waals surface area contributed by atoms with Crippen molar-refractivity contribution in [3.8, 4) is 5.75 Å². The number of hydrogen-bond donors (Lipinski definition) is 1. The lowest BCUT2D eigenvalue weighted by Gasteiger charge is -2.29. The molecule has 0 aliphatic heterocycles. The second-order valence-electron chi connectivity index (χ2n) is 5.36. The summed E-state index contributed by atoms with van der Waals surface area (Å²) in [5.74, 6) is 0.705. The lowest BCUT2D eigenvalue weighted by molar-refractivity contribution is -0.121. The first-order valence-corrected chi connectivity index (χ1v) is 7.94. The second kappa shape index (κ2) is 9.43. The van der Waals surface area contributed by atoms with Gasteiger partial charge in [0.2, 0.25) is 5.91 Å². The van der Waals surface area contributed by atoms with Gasteiger partial charge in [0.05, 0.1) is 12.3 Å². The largest absolute Gasteiger partial charge is 0.492 e. The van der Waals surface area contributed by atoms with Crippen molar-refractivity contribution in [1.82, 2.24) is 9.80 Å². The van der Waals surface area contributed by atoms with Crippen molar-refractivity contribution >= 4 is 11.6 Å². The second-order valence-corrected chi connectivity index (χ2v) is 5.36. The third-order valence-electron chi connectivity index (χ3n) is 3.80. The number of ether oxygens (including phenoxy) is 1. The number of benzene rings is 1. The minimum absolute atomic E-state index is 0.00296. The third-order valence-corrected chi connectivity index (χ3v) is 3.80. The standard InChI is InChI=1S/C17H29N3O2/c1-6-19(4)13-15(20(5)7-2)17(21)18-14-11-9-10-12-16(14)22-8-3/h9-12,15H,6-8,13H2,1-5H3,(H,18,21). The maximum Gasteiger partial charge on any atom is 0.243 e. The minimum Gasteiger partial charge on any atom is -0.492 e. The van der Waals surface area contributed by atoms with E-state index in [4.69, 9.17) is 4.74 Å². The zero-order valence-electron chi connectivity index (χ0n) is 14.4. The number of carbonyl (C=O) groups excluding carboxylic acids is 1. The first-order valence-electron chi connectivity index (χ1n) is 7.94. The van der Waals surface area contributed by atoms with E-state index in [1.165, 1.54) is 0 Å². The average molecular weight is 307 g/mol. The van der Waals surface area contributed by atoms with Crippen LogP contribution < -0.4 is 10.1 Å². The van der Waals surface area contributed by atoms with Crippen LogP contribution in [0.25, 0.3) is 0 Å². The predicted octanol–water partition coefficient (Wildman–Crippen LogP) is 2.30. The Bertz CT molecular complexity index is 465. The summed E-state index contributed by atoms with van der Waals surface area (Å²) >= 11 is 0. The molecule has 0 aromatic heterocycles. The lowest BCUT2D eigenvalue weighted by atomic mass is 10.2. The molecule has 0 bridgehead atoms. The molecule has 0 radical (unpaired) electrons. The van der Waals surface area contributed by atoms with Crippen LogP contribution in [0.2, 0.25) is 0 Å². The first-order chi connectivity index (χ1) is 10.5. The molecule has 1 rings (SSSR count). The molecular weight excluding hydrogens is 278 g/mol. The molecule has 0 saturated heterocycles. The van der Waals surface area contributed by atoms with Crippen LogP contribution in [-0.4, -0.2) is 62.1 Å². The van der Waals surface area contributed by atoms with Gasteiger partial charge in [0.25, 0.3) is 0 Å². The SMILES string of the molecule is CCOc1ccccc1NC(=O)C(CN(C)CC)N(C)CC. The summed E-state index contributed by atoms with van der Waals surface area (Å²) in [7, 11) is 4.00. The normalized spacial score (nSPS) is 12.5. The Kier molecular flexibility index (Phi) is 7.91. The van der Waals surface area contributed by atoms with Crippen molar-refractivity contribution < 1.29 is 9.53 Å². The van der Waals surface area contributed by atoms with Gasteiger partial charge in [0.15, 0.2) is 0 Å². The van der Waals surface area contributed by atoms with Crippen LogP contribution in [-0.2, 0) is 4.79 Å². The fraction of sp³-hybridized carbons (Fsp3) is 0.588. The molecule has 0 saturated carbocycles. The molecule has 1 unspecified atom stereocenters. The lowest BCUT2D eigenvalue weighted by Crippen LogP contribution is -2.48. The molecule has 124 valence electrons. The number of anilines is 1. The number of nitrogens with zero attached hydrogens (tertiary/aromatic N) is 2. The van der Waals surface area contributed by atoms with Gasteiger partial charge in [-0.15, -0.1) is 0 Å². The van der Waals surface area contributed by atoms with Gasteiger partial charge in [-0.1, -0.05) is 26.0 Å². The Morgan fingerprint density at radius 3 is 2.45 bits per heavy atom. The molecule has 22 heavy (non-hydrogen) atoms. The number of carbonyl (C=O) groups is 1. The molecule has 1 N–H and O–H groups in total. The van der Waals surface area contributed by atoms with Crippen LogP contribution in [0.5, 0.6) is 5.75 Å². The highest BCUT2D eigenvalue weighted by Crippen LogP contribution is 2.24. The van der Waals surface area contributed by atoms with Gasteiger partial charge >= 0.3 is 0 Å². The third kappa shape index (κ3) is 5.31. The van der Waals surface area contributed by atoms with Crippen molar-refractivity contribution in [3.05, 3.63) is 24.3 Å². The Hall–Kier alpha value is -1.59. The van der Waals surface area contributed by atoms with Gasteiger partial charge in [-0.2, -0.15) is 0 Å². The van der Waals surface area contributed by atoms with Crippen LogP contribution >= 0.6 is 0 Å². The molecular formula is C17H29N3O2. The summed E-state index contributed by atoms with van der Waals surface area (Å²) in [4.78, 5) is 16.9. The molecule has 5 nitrogen and oxygen atoms in total. The van der Waals surface area contributed by atoms with Gasteiger partial charge in [0.1, 0.15) is 11.8 Å². The van der Waals surface area contributed by atoms with Crippen molar-refractivity contribution in [1.29, 1.82) is 0 Å². The Morgan fingerprint density at radius 1 is 1.18 bits per heavy atom. The molecule has 1 aromatic carbocycles. The summed E-state index contributed by atoms with van der Waals surface area (Å²) in [6.07, 6.45) is 0. The van der Waals surface area contributed by atoms with Gasteiger partial charge in [-0.25, -0.2) is 0 Å². The molecule has 0 aliphatic carbocycles. The summed E-state index contributed by atoms with van der Waals surface area (Å²) in [5, 5.41) is 3.01. The van der Waals surface area contributed by atoms with E-state index in [-0.39, 0.29) is 11.9 Å². The maximum absolute atomic E-state index is 12.7. The smallest absolute Gasteiger partial charge is 0.243 e. The zero-order valence-corrected chi connectivity index (χ0v) is 14.4. The van der Waals surface area contributed by atoms with Crippen LogP contribution in [0.3, 0.4) is 0 Å². The maximum atomic E-state index is 12.7. The number of hydrogen-bond acceptors (Lipinski definition) is 4. The van der Waals surface area contributed by atoms with E-state index < -0.39 is 0 Å². The summed E-state index contributed by atoms with van der Waals surface area (Å²) in [6.45, 7) is 9.08. The Morgan fingerprint density at radius 2 is 1.86 bits per heavy atom. The summed E-state index contributed by atoms with van der Waals surface area (Å²) < 4.78 is 5.57. The van der Waals surface area contributed by atoms with Gasteiger partial charge < -0.3 is 15.0 Å². The van der Waals surface area contributed by atoms with Crippen LogP contribution in [0, 0.1) is 0 Å². The van der Waals surface area contributed by atoms with Crippen molar-refractivity contribution in [3.63, 3.8) is 0 Å². The van der Waals surface area contributed by atoms with E-state index in [1.54, 1.807) is 0 Å². The number of rotatable bonds is 9. The quantitative estimate of drug-likeness (QED) is 0.760. The van der Waals surface area contributed by atoms with Crippen molar-refractivity contribution in [2.45, 2.75) is 26.8 Å². The highest BCUT2D eigenvalue weighted by atomic mass is 16.5. The monoisotopic (exact) mass is 307 g/mol. The molecule has 0 heterocycles. The fourth-order valence-corrected chi connectivity index (χ4v) is 2.13. The highest BCUT2D eigenvalue weighted by molar-refractivity contribution is 5.96. The number of likely N-dealkylation sites (N-methyl/N-ethyl adjacent to an activating group) is 2. The number of amides is 1. The van der Waals surface area contributed by atoms with E-state index in [0.717, 1.165) is 18.8 Å². The highest BCUT2D eigenvalue weighted by Gasteiger charge is 2.24. The Balaban J connectivity index is 2.86. The van der Waals surface area contributed by atoms with Gasteiger partial charge in [-0.3, -0.25) is 9.69 Å². The average Bonchev–Trinajstić information content (AvgIpc) is 2.53. The van der Waals surface area contributed by atoms with Crippen LogP contribution in [0.15, 0.2) is 24.3 Å². The number of nitrogens with one attached hydrogen (secondary N) is 1. The molecule has 1 atom stereocenters. The van der Waals surface area contributed by atoms with E-state index in [9.17, 15) is 4.79 Å². The van der Waals surface area contributed by atoms with E-state index in [0.29, 0.717) is 18.9 Å². The first kappa shape index (κ1) is 18.5. The molecule has 0 spiro atoms. The van der Waals surface area contributed by atoms with Crippen LogP contribution in [0.4, 0.5) is 5.69 Å². The number of para-hydroxylation sites is 2. The van der Waals surface area contributed by atoms with Gasteiger partial charge in [0, 0.05) is 6.54 Å². The molecule has 5 heteroatoms. The zero-order chi connectivity index (χ0) is 16.5. The fourth-order valence-electron chi connectivity index (χ4n) is 2.13. The summed E-state index contributed by atoms with van der Waals surface area (Å²) in [5.41, 5.74) is 0.725. The van der Waals surface area contributed by atoms with E-state index in [2.05, 4.69) is 29.0 Å². The molecule has 0 aliphatic rings. The molecule has 1 aromatic rings. The van der Waals surface area contributed by atoms with E-state index in [1.807, 2.05) is 45.3 Å². The Labute approximate surface area is 134 Å². The topological polar surface area (TPSA) is 44.8 Å². The van der Waals surface area contributed by atoms with Crippen molar-refractivity contribution in [2.24, 2.45) is 0 Å². The van der Waals surface area contributed by atoms with Crippen molar-refractivity contribution in [2.75, 3.05) is 45.7 Å².